The summed E-state index contributed by atoms with van der Waals surface area (Å²) >= 11 is 0. The maximum absolute atomic E-state index is 12.2. The van der Waals surface area contributed by atoms with E-state index in [-0.39, 0.29) is 12.4 Å². The zero-order valence-corrected chi connectivity index (χ0v) is 21.0. The quantitative estimate of drug-likeness (QED) is 0.105. The van der Waals surface area contributed by atoms with Crippen LogP contribution in [0.5, 0.6) is 0 Å². The Morgan fingerprint density at radius 1 is 0.969 bits per heavy atom. The summed E-state index contributed by atoms with van der Waals surface area (Å²) in [5.74, 6) is -0.371. The molecule has 1 rings (SSSR count). The van der Waals surface area contributed by atoms with E-state index >= 15 is 0 Å². The van der Waals surface area contributed by atoms with Gasteiger partial charge in [-0.05, 0) is 39.0 Å². The van der Waals surface area contributed by atoms with Crippen molar-refractivity contribution in [3.63, 3.8) is 0 Å². The van der Waals surface area contributed by atoms with E-state index in [0.29, 0.717) is 13.0 Å². The van der Waals surface area contributed by atoms with Gasteiger partial charge in [-0.15, -0.1) is 0 Å². The van der Waals surface area contributed by atoms with Crippen molar-refractivity contribution in [1.82, 2.24) is 0 Å². The molecule has 1 heterocycles. The fraction of sp³-hybridized carbons (Fsp3) is 0.875. The summed E-state index contributed by atoms with van der Waals surface area (Å²) < 4.78 is 26.8. The van der Waals surface area contributed by atoms with Gasteiger partial charge < -0.3 is 19.3 Å². The molecule has 1 aliphatic rings. The van der Waals surface area contributed by atoms with Gasteiger partial charge in [-0.2, -0.15) is 0 Å². The minimum atomic E-state index is -4.65. The molecule has 2 N–H and O–H groups in total. The third-order valence-corrected chi connectivity index (χ3v) is 6.34. The van der Waals surface area contributed by atoms with Crippen LogP contribution in [-0.4, -0.2) is 40.7 Å². The van der Waals surface area contributed by atoms with E-state index in [9.17, 15) is 9.36 Å². The first-order valence-electron chi connectivity index (χ1n) is 12.5. The average molecular weight is 477 g/mol. The van der Waals surface area contributed by atoms with Gasteiger partial charge >= 0.3 is 13.8 Å². The van der Waals surface area contributed by atoms with Gasteiger partial charge in [0.1, 0.15) is 6.10 Å². The van der Waals surface area contributed by atoms with Gasteiger partial charge in [-0.1, -0.05) is 70.4 Å². The average Bonchev–Trinajstić information content (AvgIpc) is 2.72. The molecule has 1 saturated heterocycles. The van der Waals surface area contributed by atoms with E-state index in [1.807, 2.05) is 0 Å². The molecule has 0 aliphatic carbocycles. The summed E-state index contributed by atoms with van der Waals surface area (Å²) in [7, 11) is -4.65. The highest BCUT2D eigenvalue weighted by atomic mass is 31.2. The van der Waals surface area contributed by atoms with E-state index in [2.05, 4.69) is 19.1 Å². The van der Waals surface area contributed by atoms with Crippen LogP contribution in [0.3, 0.4) is 0 Å². The fourth-order valence-electron chi connectivity index (χ4n) is 3.94. The van der Waals surface area contributed by atoms with Crippen molar-refractivity contribution in [1.29, 1.82) is 0 Å². The lowest BCUT2D eigenvalue weighted by atomic mass is 10.0. The number of phosphoric acid groups is 1. The molecule has 0 unspecified atom stereocenters. The fourth-order valence-corrected chi connectivity index (χ4v) is 4.52. The van der Waals surface area contributed by atoms with Crippen LogP contribution in [0.1, 0.15) is 110 Å². The number of rotatable bonds is 18. The Labute approximate surface area is 194 Å². The molecule has 8 heteroatoms. The molecule has 0 saturated carbocycles. The van der Waals surface area contributed by atoms with E-state index < -0.39 is 26.1 Å². The molecule has 0 aromatic heterocycles. The lowest BCUT2D eigenvalue weighted by molar-refractivity contribution is -0.178. The number of unbranched alkanes of at least 4 members (excludes halogenated alkanes) is 11. The number of esters is 1. The van der Waals surface area contributed by atoms with Crippen LogP contribution in [0.15, 0.2) is 12.2 Å². The Bertz CT molecular complexity index is 561. The van der Waals surface area contributed by atoms with Crippen LogP contribution in [0.2, 0.25) is 0 Å². The molecule has 0 bridgehead atoms. The normalized spacial score (nSPS) is 21.8. The molecule has 1 aliphatic heterocycles. The minimum absolute atomic E-state index is 0.279. The number of phosphoric ester groups is 1. The first kappa shape index (κ1) is 29.3. The number of carbonyl (C=O) groups is 1. The number of carbonyl (C=O) groups excluding carboxylic acids is 1. The maximum Gasteiger partial charge on any atom is 0.469 e. The van der Waals surface area contributed by atoms with Crippen LogP contribution in [0.4, 0.5) is 0 Å². The molecule has 0 spiro atoms. The zero-order valence-electron chi connectivity index (χ0n) is 20.1. The molecular formula is C24H45O7P. The van der Waals surface area contributed by atoms with Crippen molar-refractivity contribution in [2.45, 2.75) is 128 Å². The van der Waals surface area contributed by atoms with Gasteiger partial charge in [-0.3, -0.25) is 9.32 Å². The van der Waals surface area contributed by atoms with E-state index in [0.717, 1.165) is 32.1 Å². The summed E-state index contributed by atoms with van der Waals surface area (Å²) in [6, 6.07) is 0. The van der Waals surface area contributed by atoms with Crippen molar-refractivity contribution < 1.29 is 33.1 Å². The smallest absolute Gasteiger partial charge is 0.457 e. The largest absolute Gasteiger partial charge is 0.469 e. The first-order valence-corrected chi connectivity index (χ1v) is 14.1. The molecule has 188 valence electrons. The summed E-state index contributed by atoms with van der Waals surface area (Å²) in [5.41, 5.74) is 0. The molecule has 32 heavy (non-hydrogen) atoms. The zero-order chi connectivity index (χ0) is 23.7. The van der Waals surface area contributed by atoms with Crippen molar-refractivity contribution in [3.8, 4) is 0 Å². The van der Waals surface area contributed by atoms with Crippen LogP contribution >= 0.6 is 7.82 Å². The second-order valence-electron chi connectivity index (χ2n) is 8.79. The number of hydrogen-bond donors (Lipinski definition) is 2. The second kappa shape index (κ2) is 17.7. The van der Waals surface area contributed by atoms with E-state index in [1.54, 1.807) is 6.92 Å². The summed E-state index contributed by atoms with van der Waals surface area (Å²) in [5, 5.41) is 0. The highest BCUT2D eigenvalue weighted by molar-refractivity contribution is 7.46. The Morgan fingerprint density at radius 2 is 1.53 bits per heavy atom. The molecule has 0 aromatic carbocycles. The Hall–Kier alpha value is -0.720. The van der Waals surface area contributed by atoms with Gasteiger partial charge in [-0.25, -0.2) is 4.57 Å². The third kappa shape index (κ3) is 15.2. The molecular weight excluding hydrogens is 431 g/mol. The second-order valence-corrected chi connectivity index (χ2v) is 9.98. The van der Waals surface area contributed by atoms with Crippen LogP contribution in [0, 0.1) is 0 Å². The lowest BCUT2D eigenvalue weighted by Gasteiger charge is -2.35. The van der Waals surface area contributed by atoms with Crippen molar-refractivity contribution in [2.75, 3.05) is 6.61 Å². The highest BCUT2D eigenvalue weighted by Crippen LogP contribution is 2.41. The summed E-state index contributed by atoms with van der Waals surface area (Å²) in [4.78, 5) is 30.3. The Kier molecular flexibility index (Phi) is 16.2. The SMILES string of the molecule is CCCCCCCC/C=C/CCCCCCCC(=O)O[C@H]1[C@@H](OP(=O)(O)O)CCO[C@@H]1C. The van der Waals surface area contributed by atoms with Crippen LogP contribution < -0.4 is 0 Å². The highest BCUT2D eigenvalue weighted by Gasteiger charge is 2.39. The Morgan fingerprint density at radius 3 is 2.12 bits per heavy atom. The lowest BCUT2D eigenvalue weighted by Crippen LogP contribution is -2.46. The predicted molar refractivity (Wildman–Crippen MR) is 126 cm³/mol. The van der Waals surface area contributed by atoms with E-state index in [1.165, 1.54) is 51.4 Å². The molecule has 0 radical (unpaired) electrons. The topological polar surface area (TPSA) is 102 Å². The van der Waals surface area contributed by atoms with Gasteiger partial charge in [0.15, 0.2) is 6.10 Å². The number of allylic oxidation sites excluding steroid dienone is 2. The van der Waals surface area contributed by atoms with Crippen LogP contribution in [0.25, 0.3) is 0 Å². The van der Waals surface area contributed by atoms with Gasteiger partial charge in [0.05, 0.1) is 6.10 Å². The molecule has 7 nitrogen and oxygen atoms in total. The van der Waals surface area contributed by atoms with Gasteiger partial charge in [0.25, 0.3) is 0 Å². The summed E-state index contributed by atoms with van der Waals surface area (Å²) in [6.45, 7) is 4.28. The van der Waals surface area contributed by atoms with Crippen molar-refractivity contribution >= 4 is 13.8 Å². The predicted octanol–water partition coefficient (Wildman–Crippen LogP) is 6.22. The molecule has 0 aromatic rings. The summed E-state index contributed by atoms with van der Waals surface area (Å²) in [6.07, 6.45) is 18.6. The van der Waals surface area contributed by atoms with Gasteiger partial charge in [0, 0.05) is 19.4 Å². The van der Waals surface area contributed by atoms with Crippen LogP contribution in [-0.2, 0) is 23.4 Å². The molecule has 0 amide bonds. The first-order chi connectivity index (χ1) is 15.3. The van der Waals surface area contributed by atoms with Gasteiger partial charge in [0.2, 0.25) is 0 Å². The molecule has 3 atom stereocenters. The van der Waals surface area contributed by atoms with E-state index in [4.69, 9.17) is 23.8 Å². The third-order valence-electron chi connectivity index (χ3n) is 5.80. The van der Waals surface area contributed by atoms with Crippen molar-refractivity contribution in [2.24, 2.45) is 0 Å². The van der Waals surface area contributed by atoms with Crippen molar-refractivity contribution in [3.05, 3.63) is 12.2 Å². The standard InChI is InChI=1S/C24H45O7P/c1-3-4-5-6-7-8-9-10-11-12-13-14-15-16-17-18-23(25)30-24-21(2)29-20-19-22(24)31-32(26,27)28/h10-11,21-22,24H,3-9,12-20H2,1-2H3,(H2,26,27,28)/b11-10+/t21-,22+,24-/m1/s1. The number of hydrogen-bond acceptors (Lipinski definition) is 5. The Balaban J connectivity index is 2.05. The molecule has 1 fully saturated rings. The maximum atomic E-state index is 12.2. The minimum Gasteiger partial charge on any atom is -0.457 e. The monoisotopic (exact) mass is 476 g/mol. The number of ether oxygens (including phenoxy) is 2.